The Morgan fingerprint density at radius 3 is 3.38 bits per heavy atom. The Morgan fingerprint density at radius 1 is 1.77 bits per heavy atom. The molecule has 1 aromatic heterocycles. The molecule has 0 bridgehead atoms. The maximum Gasteiger partial charge on any atom is 0.237 e. The third kappa shape index (κ3) is 1.42. The minimum absolute atomic E-state index is 0.00935. The molecule has 5 heteroatoms. The van der Waals surface area contributed by atoms with Crippen LogP contribution in [0.4, 0.5) is 0 Å². The standard InChI is InChI=1S/C8H12N4O/c9-11-8(13)5-1-2-7-6(3-5)4-10-12-7/h4-5H,1-3,9H2,(H,10,12)(H,11,13)/t5-/m1/s1. The molecule has 0 saturated carbocycles. The molecule has 1 aromatic rings. The van der Waals surface area contributed by atoms with Crippen molar-refractivity contribution in [3.8, 4) is 0 Å². The van der Waals surface area contributed by atoms with Gasteiger partial charge in [-0.3, -0.25) is 15.3 Å². The molecule has 2 rings (SSSR count). The third-order valence-electron chi connectivity index (χ3n) is 2.53. The SMILES string of the molecule is NNC(=O)[C@@H]1CCc2[nH]ncc2C1. The molecule has 1 atom stereocenters. The van der Waals surface area contributed by atoms with Crippen LogP contribution in [0.5, 0.6) is 0 Å². The lowest BCUT2D eigenvalue weighted by Crippen LogP contribution is -2.38. The molecule has 1 aliphatic carbocycles. The van der Waals surface area contributed by atoms with Crippen molar-refractivity contribution in [3.63, 3.8) is 0 Å². The molecule has 0 saturated heterocycles. The van der Waals surface area contributed by atoms with Crippen molar-refractivity contribution >= 4 is 5.91 Å². The molecule has 0 aliphatic heterocycles. The van der Waals surface area contributed by atoms with Crippen LogP contribution in [-0.2, 0) is 17.6 Å². The summed E-state index contributed by atoms with van der Waals surface area (Å²) in [6.45, 7) is 0. The highest BCUT2D eigenvalue weighted by atomic mass is 16.2. The van der Waals surface area contributed by atoms with E-state index in [2.05, 4.69) is 15.6 Å². The molecule has 0 spiro atoms. The Morgan fingerprint density at radius 2 is 2.62 bits per heavy atom. The van der Waals surface area contributed by atoms with Crippen LogP contribution < -0.4 is 11.3 Å². The van der Waals surface area contributed by atoms with Crippen molar-refractivity contribution in [2.45, 2.75) is 19.3 Å². The molecule has 4 N–H and O–H groups in total. The molecule has 70 valence electrons. The lowest BCUT2D eigenvalue weighted by Gasteiger charge is -2.19. The van der Waals surface area contributed by atoms with Crippen molar-refractivity contribution in [1.82, 2.24) is 15.6 Å². The Labute approximate surface area is 75.7 Å². The molecular weight excluding hydrogens is 168 g/mol. The second-order valence-corrected chi connectivity index (χ2v) is 3.32. The van der Waals surface area contributed by atoms with E-state index < -0.39 is 0 Å². The predicted octanol–water partition coefficient (Wildman–Crippen LogP) is -0.496. The minimum Gasteiger partial charge on any atom is -0.294 e. The first-order valence-corrected chi connectivity index (χ1v) is 4.33. The summed E-state index contributed by atoms with van der Waals surface area (Å²) in [6.07, 6.45) is 4.26. The summed E-state index contributed by atoms with van der Waals surface area (Å²) in [6, 6.07) is 0. The fourth-order valence-electron chi connectivity index (χ4n) is 1.76. The van der Waals surface area contributed by atoms with Gasteiger partial charge in [0.25, 0.3) is 0 Å². The van der Waals surface area contributed by atoms with Crippen LogP contribution in [0, 0.1) is 5.92 Å². The maximum atomic E-state index is 11.2. The number of aromatic amines is 1. The number of hydrazine groups is 1. The van der Waals surface area contributed by atoms with Gasteiger partial charge in [-0.2, -0.15) is 5.10 Å². The first kappa shape index (κ1) is 8.25. The van der Waals surface area contributed by atoms with Gasteiger partial charge in [0.1, 0.15) is 0 Å². The van der Waals surface area contributed by atoms with E-state index in [0.29, 0.717) is 0 Å². The second-order valence-electron chi connectivity index (χ2n) is 3.32. The van der Waals surface area contributed by atoms with Crippen LogP contribution in [0.1, 0.15) is 17.7 Å². The topological polar surface area (TPSA) is 83.8 Å². The van der Waals surface area contributed by atoms with Gasteiger partial charge in [0, 0.05) is 11.6 Å². The van der Waals surface area contributed by atoms with Crippen LogP contribution in [0.3, 0.4) is 0 Å². The van der Waals surface area contributed by atoms with E-state index in [1.54, 1.807) is 6.20 Å². The van der Waals surface area contributed by atoms with E-state index >= 15 is 0 Å². The van der Waals surface area contributed by atoms with Crippen LogP contribution >= 0.6 is 0 Å². The van der Waals surface area contributed by atoms with Crippen molar-refractivity contribution in [3.05, 3.63) is 17.5 Å². The number of carbonyl (C=O) groups excluding carboxylic acids is 1. The first-order chi connectivity index (χ1) is 6.31. The summed E-state index contributed by atoms with van der Waals surface area (Å²) in [5, 5.41) is 6.86. The van der Waals surface area contributed by atoms with Gasteiger partial charge >= 0.3 is 0 Å². The summed E-state index contributed by atoms with van der Waals surface area (Å²) < 4.78 is 0. The quantitative estimate of drug-likeness (QED) is 0.309. The van der Waals surface area contributed by atoms with Crippen molar-refractivity contribution < 1.29 is 4.79 Å². The molecule has 0 unspecified atom stereocenters. The zero-order valence-electron chi connectivity index (χ0n) is 7.21. The fourth-order valence-corrected chi connectivity index (χ4v) is 1.76. The van der Waals surface area contributed by atoms with Gasteiger partial charge in [-0.1, -0.05) is 0 Å². The Hall–Kier alpha value is -1.36. The van der Waals surface area contributed by atoms with Gasteiger partial charge in [0.2, 0.25) is 5.91 Å². The molecule has 0 radical (unpaired) electrons. The lowest BCUT2D eigenvalue weighted by atomic mass is 9.87. The molecule has 0 fully saturated rings. The smallest absolute Gasteiger partial charge is 0.237 e. The van der Waals surface area contributed by atoms with Crippen molar-refractivity contribution in [2.24, 2.45) is 11.8 Å². The number of aryl methyl sites for hydroxylation is 1. The highest BCUT2D eigenvalue weighted by Crippen LogP contribution is 2.23. The van der Waals surface area contributed by atoms with Gasteiger partial charge in [-0.05, 0) is 24.8 Å². The Bertz CT molecular complexity index is 320. The first-order valence-electron chi connectivity index (χ1n) is 4.33. The second kappa shape index (κ2) is 3.18. The normalized spacial score (nSPS) is 20.8. The number of nitrogens with two attached hydrogens (primary N) is 1. The monoisotopic (exact) mass is 180 g/mol. The molecule has 0 aromatic carbocycles. The molecule has 1 amide bonds. The lowest BCUT2D eigenvalue weighted by molar-refractivity contribution is -0.125. The van der Waals surface area contributed by atoms with Crippen LogP contribution in [0.15, 0.2) is 6.20 Å². The number of carbonyl (C=O) groups is 1. The maximum absolute atomic E-state index is 11.2. The number of amides is 1. The van der Waals surface area contributed by atoms with Crippen LogP contribution in [0.2, 0.25) is 0 Å². The molecule has 1 aliphatic rings. The summed E-state index contributed by atoms with van der Waals surface area (Å²) in [5.74, 6) is 5.01. The number of fused-ring (bicyclic) bond motifs is 1. The van der Waals surface area contributed by atoms with Gasteiger partial charge in [0.15, 0.2) is 0 Å². The zero-order valence-corrected chi connectivity index (χ0v) is 7.21. The number of nitrogens with zero attached hydrogens (tertiary/aromatic N) is 1. The van der Waals surface area contributed by atoms with Gasteiger partial charge in [-0.15, -0.1) is 0 Å². The summed E-state index contributed by atoms with van der Waals surface area (Å²) in [4.78, 5) is 11.2. The van der Waals surface area contributed by atoms with E-state index in [1.165, 1.54) is 0 Å². The number of H-pyrrole nitrogens is 1. The molecule has 13 heavy (non-hydrogen) atoms. The van der Waals surface area contributed by atoms with Gasteiger partial charge in [0.05, 0.1) is 6.20 Å². The van der Waals surface area contributed by atoms with Crippen LogP contribution in [-0.4, -0.2) is 16.1 Å². The highest BCUT2D eigenvalue weighted by molar-refractivity contribution is 5.78. The molecule has 5 nitrogen and oxygen atoms in total. The van der Waals surface area contributed by atoms with E-state index in [9.17, 15) is 4.79 Å². The van der Waals surface area contributed by atoms with Crippen molar-refractivity contribution in [2.75, 3.05) is 0 Å². The Balaban J connectivity index is 2.13. The summed E-state index contributed by atoms with van der Waals surface area (Å²) >= 11 is 0. The highest BCUT2D eigenvalue weighted by Gasteiger charge is 2.24. The molecule has 1 heterocycles. The van der Waals surface area contributed by atoms with Gasteiger partial charge < -0.3 is 0 Å². The van der Waals surface area contributed by atoms with E-state index in [0.717, 1.165) is 30.5 Å². The van der Waals surface area contributed by atoms with Crippen LogP contribution in [0.25, 0.3) is 0 Å². The number of nitrogens with one attached hydrogen (secondary N) is 2. The molecular formula is C8H12N4O. The third-order valence-corrected chi connectivity index (χ3v) is 2.53. The summed E-state index contributed by atoms with van der Waals surface area (Å²) in [5.41, 5.74) is 4.48. The van der Waals surface area contributed by atoms with Gasteiger partial charge in [-0.25, -0.2) is 5.84 Å². The average molecular weight is 180 g/mol. The van der Waals surface area contributed by atoms with E-state index in [1.807, 2.05) is 0 Å². The fraction of sp³-hybridized carbons (Fsp3) is 0.500. The summed E-state index contributed by atoms with van der Waals surface area (Å²) in [7, 11) is 0. The number of rotatable bonds is 1. The Kier molecular flexibility index (Phi) is 2.02. The number of hydrogen-bond acceptors (Lipinski definition) is 3. The van der Waals surface area contributed by atoms with E-state index in [-0.39, 0.29) is 11.8 Å². The minimum atomic E-state index is -0.0770. The number of hydrogen-bond donors (Lipinski definition) is 3. The average Bonchev–Trinajstić information content (AvgIpc) is 2.63. The van der Waals surface area contributed by atoms with Crippen molar-refractivity contribution in [1.29, 1.82) is 0 Å². The zero-order chi connectivity index (χ0) is 9.26. The number of aromatic nitrogens is 2. The predicted molar refractivity (Wildman–Crippen MR) is 46.4 cm³/mol. The largest absolute Gasteiger partial charge is 0.294 e. The van der Waals surface area contributed by atoms with E-state index in [4.69, 9.17) is 5.84 Å².